The first kappa shape index (κ1) is 13.6. The van der Waals surface area contributed by atoms with E-state index >= 15 is 0 Å². The molecule has 4 nitrogen and oxygen atoms in total. The minimum Gasteiger partial charge on any atom is -0.444 e. The van der Waals surface area contributed by atoms with Gasteiger partial charge in [-0.3, -0.25) is 5.32 Å². The number of nitrogens with one attached hydrogen (secondary N) is 1. The fourth-order valence-electron chi connectivity index (χ4n) is 1.70. The zero-order valence-electron chi connectivity index (χ0n) is 11.1. The number of aryl methyl sites for hydroxylation is 1. The van der Waals surface area contributed by atoms with E-state index in [1.54, 1.807) is 18.2 Å². The maximum Gasteiger partial charge on any atom is 0.411 e. The lowest BCUT2D eigenvalue weighted by molar-refractivity contribution is 0.155. The number of ether oxygens (including phenoxy) is 1. The number of carbonyl (C=O) groups excluding carboxylic acids is 1. The molecule has 100 valence electrons. The molecule has 2 aromatic rings. The molecule has 0 spiro atoms. The molecule has 1 N–H and O–H groups in total. The molecule has 0 unspecified atom stereocenters. The molecule has 0 atom stereocenters. The van der Waals surface area contributed by atoms with Gasteiger partial charge < -0.3 is 4.74 Å². The Morgan fingerprint density at radius 3 is 2.70 bits per heavy atom. The SMILES string of the molecule is Cc1ccc(C#N)cc1NC(=O)OCc1ccccc1. The molecular weight excluding hydrogens is 252 g/mol. The van der Waals surface area contributed by atoms with Crippen molar-refractivity contribution in [2.24, 2.45) is 0 Å². The smallest absolute Gasteiger partial charge is 0.411 e. The van der Waals surface area contributed by atoms with Crippen molar-refractivity contribution in [3.8, 4) is 6.07 Å². The van der Waals surface area contributed by atoms with Crippen molar-refractivity contribution >= 4 is 11.8 Å². The minimum atomic E-state index is -0.535. The van der Waals surface area contributed by atoms with E-state index in [4.69, 9.17) is 10.00 Å². The zero-order valence-corrected chi connectivity index (χ0v) is 11.1. The molecule has 0 bridgehead atoms. The Kier molecular flexibility index (Phi) is 4.35. The highest BCUT2D eigenvalue weighted by Crippen LogP contribution is 2.16. The van der Waals surface area contributed by atoms with Crippen LogP contribution in [0.15, 0.2) is 48.5 Å². The van der Waals surface area contributed by atoms with Gasteiger partial charge in [0.1, 0.15) is 6.61 Å². The molecule has 0 aliphatic carbocycles. The summed E-state index contributed by atoms with van der Waals surface area (Å²) in [5.74, 6) is 0. The quantitative estimate of drug-likeness (QED) is 0.923. The normalized spacial score (nSPS) is 9.60. The van der Waals surface area contributed by atoms with Gasteiger partial charge in [-0.15, -0.1) is 0 Å². The number of hydrogen-bond donors (Lipinski definition) is 1. The summed E-state index contributed by atoms with van der Waals surface area (Å²) in [6.07, 6.45) is -0.535. The Hall–Kier alpha value is -2.80. The maximum absolute atomic E-state index is 11.7. The Labute approximate surface area is 117 Å². The first-order chi connectivity index (χ1) is 9.69. The highest BCUT2D eigenvalue weighted by molar-refractivity contribution is 5.85. The van der Waals surface area contributed by atoms with Crippen LogP contribution in [0, 0.1) is 18.3 Å². The van der Waals surface area contributed by atoms with Crippen LogP contribution >= 0.6 is 0 Å². The van der Waals surface area contributed by atoms with Gasteiger partial charge in [0.15, 0.2) is 0 Å². The van der Waals surface area contributed by atoms with Gasteiger partial charge in [-0.2, -0.15) is 5.26 Å². The number of hydrogen-bond acceptors (Lipinski definition) is 3. The van der Waals surface area contributed by atoms with E-state index in [2.05, 4.69) is 5.32 Å². The van der Waals surface area contributed by atoms with Gasteiger partial charge in [-0.1, -0.05) is 36.4 Å². The van der Waals surface area contributed by atoms with Crippen LogP contribution in [0.5, 0.6) is 0 Å². The maximum atomic E-state index is 11.7. The van der Waals surface area contributed by atoms with E-state index in [0.717, 1.165) is 11.1 Å². The second kappa shape index (κ2) is 6.39. The predicted octanol–water partition coefficient (Wildman–Crippen LogP) is 3.62. The third kappa shape index (κ3) is 3.59. The van der Waals surface area contributed by atoms with Gasteiger partial charge in [0.05, 0.1) is 11.6 Å². The van der Waals surface area contributed by atoms with Gasteiger partial charge in [0.2, 0.25) is 0 Å². The van der Waals surface area contributed by atoms with Crippen LogP contribution in [-0.4, -0.2) is 6.09 Å². The lowest BCUT2D eigenvalue weighted by atomic mass is 10.1. The summed E-state index contributed by atoms with van der Waals surface area (Å²) in [4.78, 5) is 11.7. The Morgan fingerprint density at radius 2 is 2.00 bits per heavy atom. The molecule has 0 aromatic heterocycles. The van der Waals surface area contributed by atoms with Crippen molar-refractivity contribution in [2.75, 3.05) is 5.32 Å². The fourth-order valence-corrected chi connectivity index (χ4v) is 1.70. The van der Waals surface area contributed by atoms with Gasteiger partial charge in [-0.05, 0) is 30.2 Å². The Bertz CT molecular complexity index is 645. The van der Waals surface area contributed by atoms with Crippen molar-refractivity contribution in [3.05, 3.63) is 65.2 Å². The number of amides is 1. The van der Waals surface area contributed by atoms with Crippen molar-refractivity contribution in [1.82, 2.24) is 0 Å². The zero-order chi connectivity index (χ0) is 14.4. The third-order valence-electron chi connectivity index (χ3n) is 2.82. The standard InChI is InChI=1S/C16H14N2O2/c1-12-7-8-14(10-17)9-15(12)18-16(19)20-11-13-5-3-2-4-6-13/h2-9H,11H2,1H3,(H,18,19). The van der Waals surface area contributed by atoms with Gasteiger partial charge in [-0.25, -0.2) is 4.79 Å². The number of benzene rings is 2. The molecule has 0 radical (unpaired) electrons. The summed E-state index contributed by atoms with van der Waals surface area (Å²) in [5.41, 5.74) is 2.88. The van der Waals surface area contributed by atoms with Crippen LogP contribution < -0.4 is 5.32 Å². The highest BCUT2D eigenvalue weighted by Gasteiger charge is 2.07. The molecule has 0 saturated carbocycles. The van der Waals surface area contributed by atoms with Crippen molar-refractivity contribution < 1.29 is 9.53 Å². The number of anilines is 1. The molecular formula is C16H14N2O2. The Morgan fingerprint density at radius 1 is 1.25 bits per heavy atom. The molecule has 0 saturated heterocycles. The molecule has 0 aliphatic heterocycles. The first-order valence-electron chi connectivity index (χ1n) is 6.17. The van der Waals surface area contributed by atoms with Crippen molar-refractivity contribution in [2.45, 2.75) is 13.5 Å². The summed E-state index contributed by atoms with van der Waals surface area (Å²) < 4.78 is 5.13. The van der Waals surface area contributed by atoms with Crippen LogP contribution in [0.4, 0.5) is 10.5 Å². The average Bonchev–Trinajstić information content (AvgIpc) is 2.48. The molecule has 1 amide bonds. The van der Waals surface area contributed by atoms with E-state index in [9.17, 15) is 4.79 Å². The lowest BCUT2D eigenvalue weighted by Gasteiger charge is -2.09. The Balaban J connectivity index is 1.97. The van der Waals surface area contributed by atoms with Crippen LogP contribution in [-0.2, 0) is 11.3 Å². The minimum absolute atomic E-state index is 0.212. The molecule has 2 aromatic carbocycles. The van der Waals surface area contributed by atoms with Crippen LogP contribution in [0.2, 0.25) is 0 Å². The fraction of sp³-hybridized carbons (Fsp3) is 0.125. The summed E-state index contributed by atoms with van der Waals surface area (Å²) in [7, 11) is 0. The van der Waals surface area contributed by atoms with E-state index < -0.39 is 6.09 Å². The van der Waals surface area contributed by atoms with Gasteiger partial charge in [0.25, 0.3) is 0 Å². The first-order valence-corrected chi connectivity index (χ1v) is 6.17. The second-order valence-electron chi connectivity index (χ2n) is 4.33. The number of rotatable bonds is 3. The van der Waals surface area contributed by atoms with Gasteiger partial charge in [0, 0.05) is 5.69 Å². The van der Waals surface area contributed by atoms with Crippen LogP contribution in [0.1, 0.15) is 16.7 Å². The predicted molar refractivity (Wildman–Crippen MR) is 76.1 cm³/mol. The number of nitriles is 1. The second-order valence-corrected chi connectivity index (χ2v) is 4.33. The van der Waals surface area contributed by atoms with Crippen LogP contribution in [0.25, 0.3) is 0 Å². The van der Waals surface area contributed by atoms with Crippen molar-refractivity contribution in [3.63, 3.8) is 0 Å². The molecule has 20 heavy (non-hydrogen) atoms. The van der Waals surface area contributed by atoms with E-state index in [0.29, 0.717) is 11.3 Å². The molecule has 2 rings (SSSR count). The largest absolute Gasteiger partial charge is 0.444 e. The number of nitrogens with zero attached hydrogens (tertiary/aromatic N) is 1. The van der Waals surface area contributed by atoms with E-state index in [1.807, 2.05) is 43.3 Å². The topological polar surface area (TPSA) is 62.1 Å². The van der Waals surface area contributed by atoms with E-state index in [1.165, 1.54) is 0 Å². The third-order valence-corrected chi connectivity index (χ3v) is 2.82. The molecule has 0 heterocycles. The molecule has 0 aliphatic rings. The van der Waals surface area contributed by atoms with Gasteiger partial charge >= 0.3 is 6.09 Å². The molecule has 4 heteroatoms. The lowest BCUT2D eigenvalue weighted by Crippen LogP contribution is -2.14. The van der Waals surface area contributed by atoms with E-state index in [-0.39, 0.29) is 6.61 Å². The monoisotopic (exact) mass is 266 g/mol. The highest BCUT2D eigenvalue weighted by atomic mass is 16.5. The van der Waals surface area contributed by atoms with Crippen molar-refractivity contribution in [1.29, 1.82) is 5.26 Å². The summed E-state index contributed by atoms with van der Waals surface area (Å²) in [6, 6.07) is 16.6. The summed E-state index contributed by atoms with van der Waals surface area (Å²) in [6.45, 7) is 2.07. The molecule has 0 fully saturated rings. The summed E-state index contributed by atoms with van der Waals surface area (Å²) in [5, 5.41) is 11.5. The summed E-state index contributed by atoms with van der Waals surface area (Å²) >= 11 is 0. The van der Waals surface area contributed by atoms with Crippen LogP contribution in [0.3, 0.4) is 0 Å². The average molecular weight is 266 g/mol. The number of carbonyl (C=O) groups is 1.